The minimum absolute atomic E-state index is 0.0142. The molecular weight excluding hydrogens is 420 g/mol. The van der Waals surface area contributed by atoms with Gasteiger partial charge in [0.25, 0.3) is 5.91 Å². The molecule has 32 heavy (non-hydrogen) atoms. The van der Waals surface area contributed by atoms with E-state index >= 15 is 0 Å². The zero-order valence-electron chi connectivity index (χ0n) is 18.1. The van der Waals surface area contributed by atoms with Crippen LogP contribution in [0.2, 0.25) is 0 Å². The normalized spacial score (nSPS) is 16.7. The molecule has 1 saturated heterocycles. The summed E-state index contributed by atoms with van der Waals surface area (Å²) in [4.78, 5) is 14.9. The Morgan fingerprint density at radius 3 is 2.59 bits per heavy atom. The van der Waals surface area contributed by atoms with Crippen molar-refractivity contribution in [1.29, 1.82) is 0 Å². The molecule has 2 aromatic carbocycles. The van der Waals surface area contributed by atoms with Crippen LogP contribution in [-0.4, -0.2) is 30.5 Å². The molecule has 0 bridgehead atoms. The molecule has 2 aliphatic rings. The van der Waals surface area contributed by atoms with E-state index in [1.54, 1.807) is 11.8 Å². The number of fused-ring (bicyclic) bond motifs is 2. The Kier molecular flexibility index (Phi) is 5.98. The second-order valence-electron chi connectivity index (χ2n) is 8.64. The van der Waals surface area contributed by atoms with E-state index in [1.807, 2.05) is 35.2 Å². The Morgan fingerprint density at radius 2 is 1.81 bits per heavy atom. The molecule has 3 heterocycles. The quantitative estimate of drug-likeness (QED) is 0.590. The minimum Gasteiger partial charge on any atom is -0.492 e. The predicted octanol–water partition coefficient (Wildman–Crippen LogP) is 4.74. The van der Waals surface area contributed by atoms with Gasteiger partial charge in [-0.15, -0.1) is 11.8 Å². The molecular formula is C26H28N2O3S. The molecule has 6 heteroatoms. The fourth-order valence-corrected chi connectivity index (χ4v) is 5.55. The monoisotopic (exact) mass is 448 g/mol. The first-order valence-electron chi connectivity index (χ1n) is 11.1. The molecule has 0 atom stereocenters. The Hall–Kier alpha value is -2.70. The third kappa shape index (κ3) is 4.17. The molecule has 1 aromatic heterocycles. The van der Waals surface area contributed by atoms with Crippen molar-refractivity contribution in [3.05, 3.63) is 88.9 Å². The van der Waals surface area contributed by atoms with Gasteiger partial charge in [-0.1, -0.05) is 42.5 Å². The molecule has 0 radical (unpaired) electrons. The summed E-state index contributed by atoms with van der Waals surface area (Å²) in [6, 6.07) is 20.4. The van der Waals surface area contributed by atoms with Gasteiger partial charge in [-0.05, 0) is 42.2 Å². The van der Waals surface area contributed by atoms with Gasteiger partial charge in [0.15, 0.2) is 5.76 Å². The van der Waals surface area contributed by atoms with E-state index in [2.05, 4.69) is 30.3 Å². The SMILES string of the molecule is NCc1ccc2c(c1)C1(CCN(C(=O)c3ccc(CSCc4ccccc4)o3)CC1)CO2. The van der Waals surface area contributed by atoms with Crippen molar-refractivity contribution >= 4 is 17.7 Å². The van der Waals surface area contributed by atoms with Crippen LogP contribution in [0.1, 0.15) is 45.8 Å². The van der Waals surface area contributed by atoms with E-state index in [0.717, 1.165) is 41.4 Å². The van der Waals surface area contributed by atoms with E-state index in [1.165, 1.54) is 11.1 Å². The number of ether oxygens (including phenoxy) is 1. The van der Waals surface area contributed by atoms with Gasteiger partial charge >= 0.3 is 0 Å². The Balaban J connectivity index is 1.18. The highest BCUT2D eigenvalue weighted by Crippen LogP contribution is 2.46. The van der Waals surface area contributed by atoms with Gasteiger partial charge in [-0.25, -0.2) is 0 Å². The number of carbonyl (C=O) groups excluding carboxylic acids is 1. The molecule has 0 aliphatic carbocycles. The number of thioether (sulfide) groups is 1. The standard InChI is InChI=1S/C26H28N2O3S/c27-15-20-6-8-23-22(14-20)26(18-30-23)10-12-28(13-11-26)25(29)24-9-7-21(31-24)17-32-16-19-4-2-1-3-5-19/h1-9,14H,10-13,15-18,27H2. The first kappa shape index (κ1) is 21.2. The third-order valence-electron chi connectivity index (χ3n) is 6.59. The summed E-state index contributed by atoms with van der Waals surface area (Å²) in [7, 11) is 0. The highest BCUT2D eigenvalue weighted by Gasteiger charge is 2.44. The highest BCUT2D eigenvalue weighted by molar-refractivity contribution is 7.97. The van der Waals surface area contributed by atoms with Crippen molar-refractivity contribution in [1.82, 2.24) is 4.90 Å². The maximum absolute atomic E-state index is 13.0. The minimum atomic E-state index is -0.0194. The molecule has 1 fully saturated rings. The van der Waals surface area contributed by atoms with Gasteiger partial charge in [0, 0.05) is 36.4 Å². The number of likely N-dealkylation sites (tertiary alicyclic amines) is 1. The van der Waals surface area contributed by atoms with Gasteiger partial charge < -0.3 is 19.8 Å². The molecule has 3 aromatic rings. The van der Waals surface area contributed by atoms with E-state index in [4.69, 9.17) is 14.9 Å². The van der Waals surface area contributed by atoms with Crippen LogP contribution in [0.25, 0.3) is 0 Å². The summed E-state index contributed by atoms with van der Waals surface area (Å²) in [5.74, 6) is 3.90. The van der Waals surface area contributed by atoms with E-state index in [-0.39, 0.29) is 11.3 Å². The maximum atomic E-state index is 13.0. The van der Waals surface area contributed by atoms with E-state index in [9.17, 15) is 4.79 Å². The van der Waals surface area contributed by atoms with Crippen LogP contribution in [0.4, 0.5) is 0 Å². The predicted molar refractivity (Wildman–Crippen MR) is 127 cm³/mol. The van der Waals surface area contributed by atoms with Crippen molar-refractivity contribution in [3.8, 4) is 5.75 Å². The second-order valence-corrected chi connectivity index (χ2v) is 9.63. The lowest BCUT2D eigenvalue weighted by Crippen LogP contribution is -2.46. The number of rotatable bonds is 6. The average molecular weight is 449 g/mol. The van der Waals surface area contributed by atoms with Crippen LogP contribution >= 0.6 is 11.8 Å². The molecule has 1 spiro atoms. The van der Waals surface area contributed by atoms with Crippen LogP contribution < -0.4 is 10.5 Å². The van der Waals surface area contributed by atoms with Crippen molar-refractivity contribution in [3.63, 3.8) is 0 Å². The lowest BCUT2D eigenvalue weighted by molar-refractivity contribution is 0.0614. The van der Waals surface area contributed by atoms with Crippen molar-refractivity contribution in [2.75, 3.05) is 19.7 Å². The van der Waals surface area contributed by atoms with Crippen molar-refractivity contribution in [2.45, 2.75) is 36.3 Å². The van der Waals surface area contributed by atoms with Crippen LogP contribution in [0.3, 0.4) is 0 Å². The van der Waals surface area contributed by atoms with Crippen LogP contribution in [-0.2, 0) is 23.5 Å². The molecule has 166 valence electrons. The molecule has 0 unspecified atom stereocenters. The molecule has 1 amide bonds. The number of amides is 1. The molecule has 5 nitrogen and oxygen atoms in total. The summed E-state index contributed by atoms with van der Waals surface area (Å²) in [6.45, 7) is 2.61. The number of nitrogens with zero attached hydrogens (tertiary/aromatic N) is 1. The fourth-order valence-electron chi connectivity index (χ4n) is 4.66. The van der Waals surface area contributed by atoms with Crippen LogP contribution in [0.5, 0.6) is 5.75 Å². The molecule has 2 N–H and O–H groups in total. The smallest absolute Gasteiger partial charge is 0.289 e. The maximum Gasteiger partial charge on any atom is 0.289 e. The van der Waals surface area contributed by atoms with Gasteiger partial charge in [0.1, 0.15) is 11.5 Å². The third-order valence-corrected chi connectivity index (χ3v) is 7.62. The number of nitrogens with two attached hydrogens (primary N) is 1. The number of hydrogen-bond donors (Lipinski definition) is 1. The van der Waals surface area contributed by atoms with E-state index in [0.29, 0.717) is 32.0 Å². The van der Waals surface area contributed by atoms with Crippen LogP contribution in [0.15, 0.2) is 65.1 Å². The summed E-state index contributed by atoms with van der Waals surface area (Å²) in [5, 5.41) is 0. The summed E-state index contributed by atoms with van der Waals surface area (Å²) in [5.41, 5.74) is 9.50. The van der Waals surface area contributed by atoms with Crippen molar-refractivity contribution < 1.29 is 13.9 Å². The first-order valence-corrected chi connectivity index (χ1v) is 12.3. The summed E-state index contributed by atoms with van der Waals surface area (Å²) in [6.07, 6.45) is 1.78. The number of furan rings is 1. The summed E-state index contributed by atoms with van der Waals surface area (Å²) >= 11 is 1.79. The second kappa shape index (κ2) is 9.04. The Bertz CT molecular complexity index is 1090. The molecule has 0 saturated carbocycles. The lowest BCUT2D eigenvalue weighted by atomic mass is 9.74. The zero-order chi connectivity index (χ0) is 22.0. The van der Waals surface area contributed by atoms with Gasteiger partial charge in [-0.3, -0.25) is 4.79 Å². The lowest BCUT2D eigenvalue weighted by Gasteiger charge is -2.38. The average Bonchev–Trinajstić information content (AvgIpc) is 3.45. The number of piperidine rings is 1. The van der Waals surface area contributed by atoms with Gasteiger partial charge in [0.05, 0.1) is 12.4 Å². The highest BCUT2D eigenvalue weighted by atomic mass is 32.2. The number of benzene rings is 2. The van der Waals surface area contributed by atoms with Gasteiger partial charge in [0.2, 0.25) is 0 Å². The first-order chi connectivity index (χ1) is 15.7. The number of carbonyl (C=O) groups is 1. The van der Waals surface area contributed by atoms with Crippen molar-refractivity contribution in [2.24, 2.45) is 5.73 Å². The topological polar surface area (TPSA) is 68.7 Å². The molecule has 5 rings (SSSR count). The fraction of sp³-hybridized carbons (Fsp3) is 0.346. The number of hydrogen-bond acceptors (Lipinski definition) is 5. The van der Waals surface area contributed by atoms with Gasteiger partial charge in [-0.2, -0.15) is 0 Å². The Morgan fingerprint density at radius 1 is 1.00 bits per heavy atom. The summed E-state index contributed by atoms with van der Waals surface area (Å²) < 4.78 is 11.9. The van der Waals surface area contributed by atoms with E-state index < -0.39 is 0 Å². The Labute approximate surface area is 192 Å². The van der Waals surface area contributed by atoms with Crippen LogP contribution in [0, 0.1) is 0 Å². The molecule has 2 aliphatic heterocycles. The largest absolute Gasteiger partial charge is 0.492 e. The zero-order valence-corrected chi connectivity index (χ0v) is 18.9.